The van der Waals surface area contributed by atoms with Crippen LogP contribution in [0.3, 0.4) is 0 Å². The molecule has 2 aromatic rings. The second-order valence-corrected chi connectivity index (χ2v) is 5.28. The van der Waals surface area contributed by atoms with E-state index in [0.717, 1.165) is 22.3 Å². The summed E-state index contributed by atoms with van der Waals surface area (Å²) in [6.07, 6.45) is 1.73. The highest BCUT2D eigenvalue weighted by Crippen LogP contribution is 2.33. The molecule has 0 bridgehead atoms. The molecular formula is C15H17N3O. The molecule has 0 radical (unpaired) electrons. The molecule has 1 aliphatic heterocycles. The number of carbonyl (C=O) groups excluding carboxylic acids is 1. The molecule has 1 unspecified atom stereocenters. The van der Waals surface area contributed by atoms with Crippen molar-refractivity contribution in [1.29, 1.82) is 0 Å². The van der Waals surface area contributed by atoms with E-state index in [4.69, 9.17) is 0 Å². The van der Waals surface area contributed by atoms with Gasteiger partial charge in [-0.2, -0.15) is 0 Å². The van der Waals surface area contributed by atoms with Gasteiger partial charge in [-0.15, -0.1) is 0 Å². The fraction of sp³-hybridized carbons (Fsp3) is 0.333. The van der Waals surface area contributed by atoms with Crippen LogP contribution in [-0.4, -0.2) is 17.4 Å². The standard InChI is InChI=1S/C15H17N3O/c1-9(2)11-7-17-14-10-5-3-4-6-12(10)16-8-13(14)18-15(11)19/h3-6,8-9,11,17H,7H2,1-2H3,(H,18,19). The van der Waals surface area contributed by atoms with Crippen molar-refractivity contribution in [2.75, 3.05) is 17.2 Å². The minimum Gasteiger partial charge on any atom is -0.382 e. The first-order valence-corrected chi connectivity index (χ1v) is 6.59. The molecule has 0 saturated heterocycles. The molecule has 1 aliphatic rings. The van der Waals surface area contributed by atoms with Gasteiger partial charge in [0.1, 0.15) is 0 Å². The summed E-state index contributed by atoms with van der Waals surface area (Å²) in [5.74, 6) is 0.352. The number of hydrogen-bond donors (Lipinski definition) is 2. The van der Waals surface area contributed by atoms with E-state index in [1.54, 1.807) is 6.20 Å². The normalized spacial score (nSPS) is 18.7. The highest BCUT2D eigenvalue weighted by Gasteiger charge is 2.26. The molecule has 0 aliphatic carbocycles. The van der Waals surface area contributed by atoms with Crippen LogP contribution in [0.4, 0.5) is 11.4 Å². The Hall–Kier alpha value is -2.10. The van der Waals surface area contributed by atoms with Gasteiger partial charge in [0.2, 0.25) is 5.91 Å². The number of anilines is 2. The van der Waals surface area contributed by atoms with Gasteiger partial charge in [0.15, 0.2) is 0 Å². The third-order valence-corrected chi connectivity index (χ3v) is 3.67. The number of pyridine rings is 1. The van der Waals surface area contributed by atoms with Gasteiger partial charge in [-0.3, -0.25) is 9.78 Å². The molecule has 98 valence electrons. The van der Waals surface area contributed by atoms with Crippen molar-refractivity contribution in [3.8, 4) is 0 Å². The Morgan fingerprint density at radius 2 is 2.11 bits per heavy atom. The maximum atomic E-state index is 12.2. The molecule has 4 nitrogen and oxygen atoms in total. The second kappa shape index (κ2) is 4.53. The minimum absolute atomic E-state index is 0.0221. The first-order valence-electron chi connectivity index (χ1n) is 6.59. The number of aromatic nitrogens is 1. The summed E-state index contributed by atoms with van der Waals surface area (Å²) in [6, 6.07) is 7.95. The van der Waals surface area contributed by atoms with Gasteiger partial charge in [-0.1, -0.05) is 32.0 Å². The Balaban J connectivity index is 2.09. The summed E-state index contributed by atoms with van der Waals surface area (Å²) < 4.78 is 0. The zero-order chi connectivity index (χ0) is 13.4. The topological polar surface area (TPSA) is 54.0 Å². The van der Waals surface area contributed by atoms with E-state index < -0.39 is 0 Å². The average molecular weight is 255 g/mol. The van der Waals surface area contributed by atoms with E-state index in [9.17, 15) is 4.79 Å². The largest absolute Gasteiger partial charge is 0.382 e. The van der Waals surface area contributed by atoms with E-state index >= 15 is 0 Å². The number of para-hydroxylation sites is 1. The van der Waals surface area contributed by atoms with Crippen molar-refractivity contribution in [1.82, 2.24) is 4.98 Å². The Bertz CT molecular complexity index is 636. The maximum Gasteiger partial charge on any atom is 0.229 e. The van der Waals surface area contributed by atoms with Gasteiger partial charge >= 0.3 is 0 Å². The third kappa shape index (κ3) is 2.03. The number of carbonyl (C=O) groups is 1. The zero-order valence-corrected chi connectivity index (χ0v) is 11.1. The molecule has 0 spiro atoms. The number of fused-ring (bicyclic) bond motifs is 3. The highest BCUT2D eigenvalue weighted by molar-refractivity contribution is 6.05. The lowest BCUT2D eigenvalue weighted by Gasteiger charge is -2.16. The van der Waals surface area contributed by atoms with E-state index in [0.29, 0.717) is 12.5 Å². The number of nitrogens with one attached hydrogen (secondary N) is 2. The molecule has 1 amide bonds. The van der Waals surface area contributed by atoms with Crippen LogP contribution in [0.1, 0.15) is 13.8 Å². The van der Waals surface area contributed by atoms with Crippen molar-refractivity contribution in [2.24, 2.45) is 11.8 Å². The van der Waals surface area contributed by atoms with Crippen molar-refractivity contribution < 1.29 is 4.79 Å². The number of amides is 1. The van der Waals surface area contributed by atoms with Crippen LogP contribution < -0.4 is 10.6 Å². The molecule has 1 aromatic carbocycles. The lowest BCUT2D eigenvalue weighted by Crippen LogP contribution is -2.29. The Morgan fingerprint density at radius 3 is 2.89 bits per heavy atom. The van der Waals surface area contributed by atoms with Gasteiger partial charge in [0.05, 0.1) is 29.0 Å². The monoisotopic (exact) mass is 255 g/mol. The minimum atomic E-state index is -0.0221. The fourth-order valence-electron chi connectivity index (χ4n) is 2.50. The van der Waals surface area contributed by atoms with E-state index in [1.807, 2.05) is 24.3 Å². The average Bonchev–Trinajstić information content (AvgIpc) is 2.57. The van der Waals surface area contributed by atoms with E-state index in [1.165, 1.54) is 0 Å². The van der Waals surface area contributed by atoms with E-state index in [-0.39, 0.29) is 11.8 Å². The van der Waals surface area contributed by atoms with Gasteiger partial charge in [-0.25, -0.2) is 0 Å². The summed E-state index contributed by atoms with van der Waals surface area (Å²) in [6.45, 7) is 4.79. The molecule has 19 heavy (non-hydrogen) atoms. The zero-order valence-electron chi connectivity index (χ0n) is 11.1. The molecule has 4 heteroatoms. The molecule has 0 saturated carbocycles. The van der Waals surface area contributed by atoms with Crippen LogP contribution >= 0.6 is 0 Å². The van der Waals surface area contributed by atoms with Crippen LogP contribution in [0.15, 0.2) is 30.5 Å². The number of nitrogens with zero attached hydrogens (tertiary/aromatic N) is 1. The third-order valence-electron chi connectivity index (χ3n) is 3.67. The van der Waals surface area contributed by atoms with Crippen molar-refractivity contribution in [3.63, 3.8) is 0 Å². The lowest BCUT2D eigenvalue weighted by molar-refractivity contribution is -0.120. The summed E-state index contributed by atoms with van der Waals surface area (Å²) in [5.41, 5.74) is 2.68. The Labute approximate surface area is 112 Å². The SMILES string of the molecule is CC(C)C1CNc2c(cnc3ccccc23)NC1=O. The Kier molecular flexibility index (Phi) is 2.85. The smallest absolute Gasteiger partial charge is 0.229 e. The highest BCUT2D eigenvalue weighted by atomic mass is 16.2. The van der Waals surface area contributed by atoms with Crippen LogP contribution in [0.25, 0.3) is 10.9 Å². The van der Waals surface area contributed by atoms with Gasteiger partial charge in [-0.05, 0) is 12.0 Å². The predicted molar refractivity (Wildman–Crippen MR) is 77.2 cm³/mol. The first-order chi connectivity index (χ1) is 9.16. The van der Waals surface area contributed by atoms with Crippen molar-refractivity contribution in [3.05, 3.63) is 30.5 Å². The number of hydrogen-bond acceptors (Lipinski definition) is 3. The number of benzene rings is 1. The van der Waals surface area contributed by atoms with Crippen LogP contribution in [0, 0.1) is 11.8 Å². The summed E-state index contributed by atoms with van der Waals surface area (Å²) in [5, 5.41) is 7.43. The molecule has 1 atom stereocenters. The quantitative estimate of drug-likeness (QED) is 0.823. The van der Waals surface area contributed by atoms with Crippen LogP contribution in [0.5, 0.6) is 0 Å². The lowest BCUT2D eigenvalue weighted by atomic mass is 9.95. The first kappa shape index (κ1) is 12.0. The maximum absolute atomic E-state index is 12.2. The molecule has 3 rings (SSSR count). The van der Waals surface area contributed by atoms with E-state index in [2.05, 4.69) is 29.5 Å². The molecule has 1 aromatic heterocycles. The molecule has 2 heterocycles. The van der Waals surface area contributed by atoms with Crippen LogP contribution in [-0.2, 0) is 4.79 Å². The summed E-state index contributed by atoms with van der Waals surface area (Å²) in [7, 11) is 0. The van der Waals surface area contributed by atoms with Gasteiger partial charge in [0.25, 0.3) is 0 Å². The molecular weight excluding hydrogens is 238 g/mol. The van der Waals surface area contributed by atoms with Gasteiger partial charge < -0.3 is 10.6 Å². The molecule has 2 N–H and O–H groups in total. The van der Waals surface area contributed by atoms with Crippen molar-refractivity contribution in [2.45, 2.75) is 13.8 Å². The summed E-state index contributed by atoms with van der Waals surface area (Å²) >= 11 is 0. The van der Waals surface area contributed by atoms with Crippen LogP contribution in [0.2, 0.25) is 0 Å². The van der Waals surface area contributed by atoms with Gasteiger partial charge in [0, 0.05) is 11.9 Å². The number of rotatable bonds is 1. The fourth-order valence-corrected chi connectivity index (χ4v) is 2.50. The predicted octanol–water partition coefficient (Wildman–Crippen LogP) is 2.87. The Morgan fingerprint density at radius 1 is 1.32 bits per heavy atom. The summed E-state index contributed by atoms with van der Waals surface area (Å²) in [4.78, 5) is 16.6. The van der Waals surface area contributed by atoms with Crippen molar-refractivity contribution >= 4 is 28.2 Å². The second-order valence-electron chi connectivity index (χ2n) is 5.28. The molecule has 0 fully saturated rings.